The van der Waals surface area contributed by atoms with Gasteiger partial charge >= 0.3 is 0 Å². The van der Waals surface area contributed by atoms with Crippen LogP contribution in [0.3, 0.4) is 0 Å². The lowest BCUT2D eigenvalue weighted by molar-refractivity contribution is -0.0650. The van der Waals surface area contributed by atoms with Crippen LogP contribution in [-0.4, -0.2) is 37.2 Å². The number of likely N-dealkylation sites (tertiary alicyclic amines) is 1. The summed E-state index contributed by atoms with van der Waals surface area (Å²) >= 11 is 0. The molecule has 0 aromatic carbocycles. The van der Waals surface area contributed by atoms with Crippen molar-refractivity contribution in [2.75, 3.05) is 26.2 Å². The third-order valence-corrected chi connectivity index (χ3v) is 4.83. The highest BCUT2D eigenvalue weighted by molar-refractivity contribution is 5.12. The second-order valence-electron chi connectivity index (χ2n) is 6.13. The van der Waals surface area contributed by atoms with E-state index in [2.05, 4.69) is 17.9 Å². The number of rotatable bonds is 2. The summed E-state index contributed by atoms with van der Waals surface area (Å²) in [6.45, 7) is 7.05. The predicted octanol–water partition coefficient (Wildman–Crippen LogP) is 2.84. The number of nitrogens with zero attached hydrogens (tertiary/aromatic N) is 1. The number of hydrogen-bond acceptors (Lipinski definition) is 2. The van der Waals surface area contributed by atoms with E-state index in [0.717, 1.165) is 12.5 Å². The summed E-state index contributed by atoms with van der Waals surface area (Å²) in [6.07, 6.45) is 9.75. The van der Waals surface area contributed by atoms with Crippen LogP contribution in [0.5, 0.6) is 0 Å². The van der Waals surface area contributed by atoms with E-state index in [1.54, 1.807) is 5.57 Å². The third-order valence-electron chi connectivity index (χ3n) is 4.83. The Kier molecular flexibility index (Phi) is 3.53. The Bertz CT molecular complexity index is 293. The minimum Gasteiger partial charge on any atom is -0.376 e. The van der Waals surface area contributed by atoms with Gasteiger partial charge in [-0.2, -0.15) is 0 Å². The third kappa shape index (κ3) is 2.58. The van der Waals surface area contributed by atoms with Gasteiger partial charge in [0.15, 0.2) is 0 Å². The molecule has 96 valence electrons. The largest absolute Gasteiger partial charge is 0.376 e. The fourth-order valence-electron chi connectivity index (χ4n) is 3.68. The topological polar surface area (TPSA) is 12.5 Å². The summed E-state index contributed by atoms with van der Waals surface area (Å²) in [5.74, 6) is 1.52. The normalized spacial score (nSPS) is 38.9. The average Bonchev–Trinajstić information content (AvgIpc) is 2.38. The van der Waals surface area contributed by atoms with Gasteiger partial charge in [-0.05, 0) is 51.6 Å². The van der Waals surface area contributed by atoms with Crippen molar-refractivity contribution in [3.63, 3.8) is 0 Å². The Morgan fingerprint density at radius 3 is 2.94 bits per heavy atom. The molecule has 2 nitrogen and oxygen atoms in total. The van der Waals surface area contributed by atoms with Crippen LogP contribution < -0.4 is 0 Å². The molecule has 3 aliphatic rings. The van der Waals surface area contributed by atoms with Crippen LogP contribution in [-0.2, 0) is 4.74 Å². The van der Waals surface area contributed by atoms with Gasteiger partial charge < -0.3 is 9.64 Å². The van der Waals surface area contributed by atoms with Gasteiger partial charge in [0.25, 0.3) is 0 Å². The number of hydrogen-bond donors (Lipinski definition) is 0. The highest BCUT2D eigenvalue weighted by Gasteiger charge is 2.35. The Labute approximate surface area is 105 Å². The van der Waals surface area contributed by atoms with Crippen molar-refractivity contribution in [3.8, 4) is 0 Å². The van der Waals surface area contributed by atoms with Crippen molar-refractivity contribution < 1.29 is 4.74 Å². The molecule has 0 amide bonds. The molecule has 0 N–H and O–H groups in total. The van der Waals surface area contributed by atoms with Gasteiger partial charge in [0, 0.05) is 12.5 Å². The van der Waals surface area contributed by atoms with Gasteiger partial charge in [-0.15, -0.1) is 0 Å². The molecular formula is C15H25NO. The van der Waals surface area contributed by atoms with Crippen molar-refractivity contribution in [2.45, 2.75) is 45.1 Å². The van der Waals surface area contributed by atoms with Gasteiger partial charge in [-0.1, -0.05) is 18.1 Å². The maximum absolute atomic E-state index is 6.14. The second-order valence-corrected chi connectivity index (χ2v) is 6.13. The van der Waals surface area contributed by atoms with E-state index in [1.165, 1.54) is 51.7 Å². The minimum atomic E-state index is 0.473. The van der Waals surface area contributed by atoms with Crippen molar-refractivity contribution in [1.29, 1.82) is 0 Å². The monoisotopic (exact) mass is 235 g/mol. The molecular weight excluding hydrogens is 210 g/mol. The average molecular weight is 235 g/mol. The zero-order valence-corrected chi connectivity index (χ0v) is 11.0. The lowest BCUT2D eigenvalue weighted by atomic mass is 9.77. The molecule has 3 atom stereocenters. The van der Waals surface area contributed by atoms with Crippen LogP contribution >= 0.6 is 0 Å². The Morgan fingerprint density at radius 1 is 1.29 bits per heavy atom. The number of ether oxygens (including phenoxy) is 1. The van der Waals surface area contributed by atoms with E-state index in [-0.39, 0.29) is 0 Å². The second kappa shape index (κ2) is 5.11. The van der Waals surface area contributed by atoms with E-state index in [4.69, 9.17) is 4.74 Å². The summed E-state index contributed by atoms with van der Waals surface area (Å²) < 4.78 is 6.14. The highest BCUT2D eigenvalue weighted by atomic mass is 16.5. The maximum Gasteiger partial charge on any atom is 0.0767 e. The van der Waals surface area contributed by atoms with Gasteiger partial charge in [-0.3, -0.25) is 0 Å². The molecule has 0 unspecified atom stereocenters. The van der Waals surface area contributed by atoms with E-state index in [0.29, 0.717) is 12.0 Å². The minimum absolute atomic E-state index is 0.473. The Morgan fingerprint density at radius 2 is 2.12 bits per heavy atom. The fraction of sp³-hybridized carbons (Fsp3) is 0.867. The number of fused-ring (bicyclic) bond motifs is 2. The molecule has 3 rings (SSSR count). The van der Waals surface area contributed by atoms with Gasteiger partial charge in [0.1, 0.15) is 0 Å². The summed E-state index contributed by atoms with van der Waals surface area (Å²) in [5.41, 5.74) is 1.59. The molecule has 0 aromatic rings. The van der Waals surface area contributed by atoms with Gasteiger partial charge in [0.05, 0.1) is 12.7 Å². The Balaban J connectivity index is 1.62. The summed E-state index contributed by atoms with van der Waals surface area (Å²) in [5, 5.41) is 0. The van der Waals surface area contributed by atoms with Crippen LogP contribution in [0.4, 0.5) is 0 Å². The summed E-state index contributed by atoms with van der Waals surface area (Å²) in [7, 11) is 0. The standard InChI is InChI=1S/C15H25NO/c1-12-5-6-13-9-14(12)15(17-11-13)10-16-7-3-2-4-8-16/h5,13-15H,2-4,6-11H2,1H3/t13-,14+,15+/m1/s1. The molecule has 0 saturated carbocycles. The van der Waals surface area contributed by atoms with E-state index in [9.17, 15) is 0 Å². The molecule has 2 fully saturated rings. The molecule has 2 heteroatoms. The Hall–Kier alpha value is -0.340. The van der Waals surface area contributed by atoms with Crippen LogP contribution in [0.1, 0.15) is 39.0 Å². The molecule has 2 saturated heterocycles. The number of allylic oxidation sites excluding steroid dienone is 1. The molecule has 17 heavy (non-hydrogen) atoms. The van der Waals surface area contributed by atoms with E-state index in [1.807, 2.05) is 0 Å². The highest BCUT2D eigenvalue weighted by Crippen LogP contribution is 2.37. The molecule has 1 aliphatic carbocycles. The van der Waals surface area contributed by atoms with Crippen molar-refractivity contribution in [3.05, 3.63) is 11.6 Å². The van der Waals surface area contributed by atoms with E-state index < -0.39 is 0 Å². The van der Waals surface area contributed by atoms with Crippen LogP contribution in [0.2, 0.25) is 0 Å². The molecule has 0 spiro atoms. The maximum atomic E-state index is 6.14. The van der Waals surface area contributed by atoms with Crippen molar-refractivity contribution in [2.24, 2.45) is 11.8 Å². The zero-order chi connectivity index (χ0) is 11.7. The summed E-state index contributed by atoms with van der Waals surface area (Å²) in [4.78, 5) is 2.62. The lowest BCUT2D eigenvalue weighted by Crippen LogP contribution is -2.45. The first-order valence-electron chi connectivity index (χ1n) is 7.33. The molecule has 0 radical (unpaired) electrons. The smallest absolute Gasteiger partial charge is 0.0767 e. The van der Waals surface area contributed by atoms with Crippen LogP contribution in [0.15, 0.2) is 11.6 Å². The first kappa shape index (κ1) is 11.7. The summed E-state index contributed by atoms with van der Waals surface area (Å²) in [6, 6.07) is 0. The van der Waals surface area contributed by atoms with Crippen molar-refractivity contribution >= 4 is 0 Å². The molecule has 2 heterocycles. The SMILES string of the molecule is CC1=CC[C@H]2CO[C@@H](CN3CCCCC3)[C@H]1C2. The molecule has 2 aliphatic heterocycles. The first-order valence-corrected chi connectivity index (χ1v) is 7.33. The predicted molar refractivity (Wildman–Crippen MR) is 70.0 cm³/mol. The molecule has 2 bridgehead atoms. The van der Waals surface area contributed by atoms with Gasteiger partial charge in [0.2, 0.25) is 0 Å². The molecule has 0 aromatic heterocycles. The lowest BCUT2D eigenvalue weighted by Gasteiger charge is -2.42. The van der Waals surface area contributed by atoms with Gasteiger partial charge in [-0.25, -0.2) is 0 Å². The fourth-order valence-corrected chi connectivity index (χ4v) is 3.68. The zero-order valence-electron chi connectivity index (χ0n) is 11.0. The van der Waals surface area contributed by atoms with Crippen LogP contribution in [0, 0.1) is 11.8 Å². The van der Waals surface area contributed by atoms with Crippen molar-refractivity contribution in [1.82, 2.24) is 4.90 Å². The van der Waals surface area contributed by atoms with E-state index >= 15 is 0 Å². The number of piperidine rings is 1. The van der Waals surface area contributed by atoms with Crippen LogP contribution in [0.25, 0.3) is 0 Å². The first-order chi connectivity index (χ1) is 8.33. The quantitative estimate of drug-likeness (QED) is 0.682.